The predicted molar refractivity (Wildman–Crippen MR) is 38.0 cm³/mol. The molecule has 0 bridgehead atoms. The molecule has 1 N–H and O–H groups in total. The van der Waals surface area contributed by atoms with Gasteiger partial charge in [-0.1, -0.05) is 5.10 Å². The monoisotopic (exact) mass is 181 g/mol. The van der Waals surface area contributed by atoms with Gasteiger partial charge in [-0.2, -0.15) is 15.0 Å². The summed E-state index contributed by atoms with van der Waals surface area (Å²) in [6, 6.07) is 0. The van der Waals surface area contributed by atoms with Crippen molar-refractivity contribution in [1.82, 2.24) is 30.4 Å². The van der Waals surface area contributed by atoms with Crippen LogP contribution in [0, 0.1) is 10.1 Å². The summed E-state index contributed by atoms with van der Waals surface area (Å²) in [5, 5.41) is 26.6. The van der Waals surface area contributed by atoms with E-state index >= 15 is 0 Å². The topological polar surface area (TPSA) is 115 Å². The maximum Gasteiger partial charge on any atom is 0.307 e. The zero-order valence-electron chi connectivity index (χ0n) is 6.15. The van der Waals surface area contributed by atoms with E-state index in [0.29, 0.717) is 0 Å². The molecule has 9 nitrogen and oxygen atoms in total. The highest BCUT2D eigenvalue weighted by Crippen LogP contribution is 2.09. The SMILES string of the molecule is O=[N+]([O-])c1cnn(-c2nn[nH]n2)c1. The highest BCUT2D eigenvalue weighted by Gasteiger charge is 2.11. The Kier molecular flexibility index (Phi) is 1.48. The maximum atomic E-state index is 10.3. The second-order valence-electron chi connectivity index (χ2n) is 2.11. The van der Waals surface area contributed by atoms with Crippen molar-refractivity contribution >= 4 is 5.69 Å². The van der Waals surface area contributed by atoms with Crippen LogP contribution < -0.4 is 0 Å². The van der Waals surface area contributed by atoms with E-state index in [-0.39, 0.29) is 11.6 Å². The van der Waals surface area contributed by atoms with Gasteiger partial charge in [-0.25, -0.2) is 0 Å². The number of nitro groups is 1. The Balaban J connectivity index is 2.39. The van der Waals surface area contributed by atoms with Crippen LogP contribution in [0.1, 0.15) is 0 Å². The first-order chi connectivity index (χ1) is 6.27. The summed E-state index contributed by atoms with van der Waals surface area (Å²) in [6.45, 7) is 0. The number of aromatic nitrogens is 6. The maximum absolute atomic E-state index is 10.3. The quantitative estimate of drug-likeness (QED) is 0.483. The second-order valence-corrected chi connectivity index (χ2v) is 2.11. The fraction of sp³-hybridized carbons (Fsp3) is 0. The van der Waals surface area contributed by atoms with Crippen LogP contribution in [0.25, 0.3) is 5.95 Å². The first kappa shape index (κ1) is 7.34. The number of hydrogen-bond acceptors (Lipinski definition) is 6. The number of nitrogens with one attached hydrogen (secondary N) is 1. The number of rotatable bonds is 2. The Hall–Kier alpha value is -2.32. The lowest BCUT2D eigenvalue weighted by Crippen LogP contribution is -1.96. The molecule has 0 fully saturated rings. The number of nitrogens with zero attached hydrogens (tertiary/aromatic N) is 6. The standard InChI is InChI=1S/C4H3N7O2/c12-11(13)3-1-5-10(2-3)4-6-8-9-7-4/h1-2H,(H,6,7,8,9). The van der Waals surface area contributed by atoms with E-state index in [1.54, 1.807) is 0 Å². The van der Waals surface area contributed by atoms with Gasteiger partial charge in [0.05, 0.1) is 4.92 Å². The fourth-order valence-corrected chi connectivity index (χ4v) is 0.771. The van der Waals surface area contributed by atoms with Crippen molar-refractivity contribution in [3.05, 3.63) is 22.5 Å². The Bertz CT molecular complexity index is 417. The minimum absolute atomic E-state index is 0.121. The summed E-state index contributed by atoms with van der Waals surface area (Å²) >= 11 is 0. The van der Waals surface area contributed by atoms with E-state index in [0.717, 1.165) is 10.9 Å². The highest BCUT2D eigenvalue weighted by atomic mass is 16.6. The first-order valence-corrected chi connectivity index (χ1v) is 3.20. The Morgan fingerprint density at radius 3 is 3.00 bits per heavy atom. The van der Waals surface area contributed by atoms with E-state index in [4.69, 9.17) is 0 Å². The van der Waals surface area contributed by atoms with Crippen LogP contribution >= 0.6 is 0 Å². The molecule has 2 aromatic rings. The van der Waals surface area contributed by atoms with Crippen molar-refractivity contribution in [3.8, 4) is 5.95 Å². The van der Waals surface area contributed by atoms with Gasteiger partial charge in [-0.3, -0.25) is 10.1 Å². The lowest BCUT2D eigenvalue weighted by Gasteiger charge is -1.86. The van der Waals surface area contributed by atoms with Gasteiger partial charge in [0, 0.05) is 0 Å². The molecule has 66 valence electrons. The zero-order valence-corrected chi connectivity index (χ0v) is 6.15. The molecule has 0 aromatic carbocycles. The molecule has 0 amide bonds. The molecule has 0 saturated heterocycles. The molecule has 0 saturated carbocycles. The normalized spacial score (nSPS) is 10.2. The molecular formula is C4H3N7O2. The number of H-pyrrole nitrogens is 1. The van der Waals surface area contributed by atoms with Crippen LogP contribution in [0.2, 0.25) is 0 Å². The van der Waals surface area contributed by atoms with Gasteiger partial charge >= 0.3 is 5.69 Å². The molecule has 0 unspecified atom stereocenters. The smallest absolute Gasteiger partial charge is 0.258 e. The largest absolute Gasteiger partial charge is 0.307 e. The van der Waals surface area contributed by atoms with Gasteiger partial charge in [0.2, 0.25) is 0 Å². The molecule has 0 atom stereocenters. The van der Waals surface area contributed by atoms with Gasteiger partial charge < -0.3 is 0 Å². The van der Waals surface area contributed by atoms with Crippen LogP contribution in [0.5, 0.6) is 0 Å². The van der Waals surface area contributed by atoms with Gasteiger partial charge in [0.1, 0.15) is 12.4 Å². The third-order valence-electron chi connectivity index (χ3n) is 1.32. The van der Waals surface area contributed by atoms with E-state index in [2.05, 4.69) is 25.7 Å². The summed E-state index contributed by atoms with van der Waals surface area (Å²) < 4.78 is 1.15. The lowest BCUT2D eigenvalue weighted by atomic mass is 10.6. The Labute approximate surface area is 70.5 Å². The van der Waals surface area contributed by atoms with Crippen molar-refractivity contribution in [2.24, 2.45) is 0 Å². The summed E-state index contributed by atoms with van der Waals surface area (Å²) in [7, 11) is 0. The molecule has 9 heteroatoms. The minimum Gasteiger partial charge on any atom is -0.258 e. The Morgan fingerprint density at radius 1 is 1.62 bits per heavy atom. The summed E-state index contributed by atoms with van der Waals surface area (Å²) in [6.07, 6.45) is 2.31. The van der Waals surface area contributed by atoms with E-state index in [9.17, 15) is 10.1 Å². The molecular weight excluding hydrogens is 178 g/mol. The lowest BCUT2D eigenvalue weighted by molar-refractivity contribution is -0.384. The van der Waals surface area contributed by atoms with Crippen LogP contribution in [0.15, 0.2) is 12.4 Å². The number of tetrazole rings is 1. The number of aromatic amines is 1. The van der Waals surface area contributed by atoms with Crippen LogP contribution in [-0.4, -0.2) is 35.3 Å². The molecule has 0 aliphatic carbocycles. The van der Waals surface area contributed by atoms with E-state index in [1.807, 2.05) is 0 Å². The third kappa shape index (κ3) is 1.21. The van der Waals surface area contributed by atoms with Crippen LogP contribution in [0.4, 0.5) is 5.69 Å². The van der Waals surface area contributed by atoms with Crippen molar-refractivity contribution < 1.29 is 4.92 Å². The zero-order chi connectivity index (χ0) is 9.26. The molecule has 0 aliphatic rings. The van der Waals surface area contributed by atoms with Gasteiger partial charge in [-0.05, 0) is 5.21 Å². The molecule has 13 heavy (non-hydrogen) atoms. The van der Waals surface area contributed by atoms with E-state index in [1.165, 1.54) is 6.20 Å². The third-order valence-corrected chi connectivity index (χ3v) is 1.32. The summed E-state index contributed by atoms with van der Waals surface area (Å²) in [5.41, 5.74) is -0.121. The number of hydrogen-bond donors (Lipinski definition) is 1. The molecule has 0 radical (unpaired) electrons. The van der Waals surface area contributed by atoms with Crippen molar-refractivity contribution in [1.29, 1.82) is 0 Å². The minimum atomic E-state index is -0.552. The molecule has 2 heterocycles. The fourth-order valence-electron chi connectivity index (χ4n) is 0.771. The average Bonchev–Trinajstić information content (AvgIpc) is 2.75. The van der Waals surface area contributed by atoms with Gasteiger partial charge in [-0.15, -0.1) is 5.10 Å². The predicted octanol–water partition coefficient (Wildman–Crippen LogP) is -0.706. The molecule has 2 rings (SSSR count). The van der Waals surface area contributed by atoms with Gasteiger partial charge in [0.15, 0.2) is 0 Å². The van der Waals surface area contributed by atoms with Crippen molar-refractivity contribution in [2.45, 2.75) is 0 Å². The summed E-state index contributed by atoms with van der Waals surface area (Å²) in [4.78, 5) is 9.72. The van der Waals surface area contributed by atoms with Gasteiger partial charge in [0.25, 0.3) is 5.95 Å². The van der Waals surface area contributed by atoms with Crippen molar-refractivity contribution in [2.75, 3.05) is 0 Å². The summed E-state index contributed by atoms with van der Waals surface area (Å²) in [5.74, 6) is 0.160. The average molecular weight is 181 g/mol. The first-order valence-electron chi connectivity index (χ1n) is 3.20. The molecule has 0 aliphatic heterocycles. The molecule has 2 aromatic heterocycles. The highest BCUT2D eigenvalue weighted by molar-refractivity contribution is 5.24. The van der Waals surface area contributed by atoms with Crippen LogP contribution in [-0.2, 0) is 0 Å². The second kappa shape index (κ2) is 2.62. The van der Waals surface area contributed by atoms with Crippen molar-refractivity contribution in [3.63, 3.8) is 0 Å². The van der Waals surface area contributed by atoms with Crippen LogP contribution in [0.3, 0.4) is 0 Å². The Morgan fingerprint density at radius 2 is 2.46 bits per heavy atom. The van der Waals surface area contributed by atoms with E-state index < -0.39 is 4.92 Å². The molecule has 0 spiro atoms.